The maximum atomic E-state index is 11.7. The lowest BCUT2D eigenvalue weighted by Crippen LogP contribution is -2.42. The fourth-order valence-corrected chi connectivity index (χ4v) is 2.96. The summed E-state index contributed by atoms with van der Waals surface area (Å²) in [4.78, 5) is 18.0. The summed E-state index contributed by atoms with van der Waals surface area (Å²) in [6.07, 6.45) is 2.15. The first kappa shape index (κ1) is 16.4. The zero-order chi connectivity index (χ0) is 15.6. The Balaban J connectivity index is 1.90. The standard InChI is InChI=1S/C15H25N3O2S/c1-10(2)15(4,20)9-16-7-12-8-21-14(17-12)18(11(3)19)13-5-6-13/h8,10,13,16,20H,5-7,9H2,1-4H3. The van der Waals surface area contributed by atoms with Gasteiger partial charge in [-0.15, -0.1) is 11.3 Å². The third kappa shape index (κ3) is 4.25. The predicted molar refractivity (Wildman–Crippen MR) is 85.5 cm³/mol. The van der Waals surface area contributed by atoms with Crippen LogP contribution in [0, 0.1) is 5.92 Å². The highest BCUT2D eigenvalue weighted by Gasteiger charge is 2.33. The second-order valence-corrected chi connectivity index (χ2v) is 7.19. The van der Waals surface area contributed by atoms with Crippen LogP contribution in [0.25, 0.3) is 0 Å². The first-order valence-corrected chi connectivity index (χ1v) is 8.36. The molecule has 6 heteroatoms. The van der Waals surface area contributed by atoms with Gasteiger partial charge >= 0.3 is 0 Å². The third-order valence-electron chi connectivity index (χ3n) is 4.03. The van der Waals surface area contributed by atoms with Crippen LogP contribution in [0.4, 0.5) is 5.13 Å². The summed E-state index contributed by atoms with van der Waals surface area (Å²) in [6.45, 7) is 8.57. The normalized spacial score (nSPS) is 17.8. The van der Waals surface area contributed by atoms with E-state index in [2.05, 4.69) is 10.3 Å². The maximum absolute atomic E-state index is 11.7. The Labute approximate surface area is 130 Å². The molecule has 1 aliphatic rings. The maximum Gasteiger partial charge on any atom is 0.225 e. The fourth-order valence-electron chi connectivity index (χ4n) is 2.02. The smallest absolute Gasteiger partial charge is 0.225 e. The van der Waals surface area contributed by atoms with Crippen molar-refractivity contribution < 1.29 is 9.90 Å². The first-order chi connectivity index (χ1) is 9.81. The molecule has 0 aromatic carbocycles. The minimum atomic E-state index is -0.724. The lowest BCUT2D eigenvalue weighted by atomic mass is 9.92. The Morgan fingerprint density at radius 1 is 1.62 bits per heavy atom. The number of hydrogen-bond acceptors (Lipinski definition) is 5. The molecule has 21 heavy (non-hydrogen) atoms. The molecule has 1 fully saturated rings. The average molecular weight is 311 g/mol. The van der Waals surface area contributed by atoms with Crippen molar-refractivity contribution in [2.45, 2.75) is 58.7 Å². The molecule has 0 saturated heterocycles. The molecular formula is C15H25N3O2S. The number of amides is 1. The van der Waals surface area contributed by atoms with Crippen LogP contribution >= 0.6 is 11.3 Å². The largest absolute Gasteiger partial charge is 0.389 e. The molecule has 1 aromatic rings. The molecule has 2 rings (SSSR count). The van der Waals surface area contributed by atoms with Gasteiger partial charge in [0.05, 0.1) is 11.3 Å². The molecule has 1 unspecified atom stereocenters. The number of aliphatic hydroxyl groups is 1. The van der Waals surface area contributed by atoms with Crippen molar-refractivity contribution in [3.05, 3.63) is 11.1 Å². The van der Waals surface area contributed by atoms with Gasteiger partial charge in [-0.3, -0.25) is 9.69 Å². The van der Waals surface area contributed by atoms with Gasteiger partial charge in [-0.25, -0.2) is 4.98 Å². The van der Waals surface area contributed by atoms with Crippen molar-refractivity contribution >= 4 is 22.4 Å². The van der Waals surface area contributed by atoms with E-state index < -0.39 is 5.60 Å². The second-order valence-electron chi connectivity index (χ2n) is 6.36. The molecule has 1 aromatic heterocycles. The van der Waals surface area contributed by atoms with Crippen LogP contribution in [-0.4, -0.2) is 34.2 Å². The van der Waals surface area contributed by atoms with Gasteiger partial charge in [0.2, 0.25) is 5.91 Å². The summed E-state index contributed by atoms with van der Waals surface area (Å²) in [5.74, 6) is 0.258. The number of aromatic nitrogens is 1. The molecule has 5 nitrogen and oxygen atoms in total. The van der Waals surface area contributed by atoms with Crippen molar-refractivity contribution in [2.75, 3.05) is 11.4 Å². The number of nitrogens with one attached hydrogen (secondary N) is 1. The number of rotatable bonds is 7. The highest BCUT2D eigenvalue weighted by atomic mass is 32.1. The summed E-state index contributed by atoms with van der Waals surface area (Å²) < 4.78 is 0. The SMILES string of the molecule is CC(=O)N(c1nc(CNCC(C)(O)C(C)C)cs1)C1CC1. The number of thiazole rings is 1. The molecule has 0 aliphatic heterocycles. The van der Waals surface area contributed by atoms with Crippen LogP contribution in [0.5, 0.6) is 0 Å². The van der Waals surface area contributed by atoms with E-state index in [4.69, 9.17) is 0 Å². The van der Waals surface area contributed by atoms with E-state index in [1.165, 1.54) is 11.3 Å². The van der Waals surface area contributed by atoms with Gasteiger partial charge < -0.3 is 10.4 Å². The number of carbonyl (C=O) groups excluding carboxylic acids is 1. The minimum Gasteiger partial charge on any atom is -0.389 e. The van der Waals surface area contributed by atoms with Gasteiger partial charge in [0.25, 0.3) is 0 Å². The number of nitrogens with zero attached hydrogens (tertiary/aromatic N) is 2. The van der Waals surface area contributed by atoms with Gasteiger partial charge in [-0.05, 0) is 25.7 Å². The highest BCUT2D eigenvalue weighted by Crippen LogP contribution is 2.33. The van der Waals surface area contributed by atoms with Crippen LogP contribution in [0.15, 0.2) is 5.38 Å². The van der Waals surface area contributed by atoms with Gasteiger partial charge in [-0.2, -0.15) is 0 Å². The molecule has 0 spiro atoms. The van der Waals surface area contributed by atoms with Gasteiger partial charge in [-0.1, -0.05) is 13.8 Å². The van der Waals surface area contributed by atoms with Crippen molar-refractivity contribution in [1.82, 2.24) is 10.3 Å². The summed E-state index contributed by atoms with van der Waals surface area (Å²) in [5, 5.41) is 16.2. The Kier molecular flexibility index (Phi) is 5.01. The van der Waals surface area contributed by atoms with Crippen molar-refractivity contribution in [1.29, 1.82) is 0 Å². The minimum absolute atomic E-state index is 0.0640. The molecule has 0 radical (unpaired) electrons. The molecule has 1 saturated carbocycles. The molecule has 1 heterocycles. The topological polar surface area (TPSA) is 65.5 Å². The quantitative estimate of drug-likeness (QED) is 0.810. The number of carbonyl (C=O) groups is 1. The van der Waals surface area contributed by atoms with E-state index in [0.717, 1.165) is 23.7 Å². The molecule has 118 valence electrons. The van der Waals surface area contributed by atoms with Crippen LogP contribution < -0.4 is 10.2 Å². The van der Waals surface area contributed by atoms with Crippen molar-refractivity contribution in [3.8, 4) is 0 Å². The van der Waals surface area contributed by atoms with E-state index in [0.29, 0.717) is 19.1 Å². The third-order valence-corrected chi connectivity index (χ3v) is 4.92. The van der Waals surface area contributed by atoms with Crippen molar-refractivity contribution in [3.63, 3.8) is 0 Å². The molecule has 2 N–H and O–H groups in total. The average Bonchev–Trinajstić information content (AvgIpc) is 3.09. The van der Waals surface area contributed by atoms with Gasteiger partial charge in [0, 0.05) is 31.4 Å². The van der Waals surface area contributed by atoms with E-state index >= 15 is 0 Å². The zero-order valence-electron chi connectivity index (χ0n) is 13.2. The monoisotopic (exact) mass is 311 g/mol. The molecule has 0 bridgehead atoms. The molecule has 1 aliphatic carbocycles. The van der Waals surface area contributed by atoms with Crippen molar-refractivity contribution in [2.24, 2.45) is 5.92 Å². The predicted octanol–water partition coefficient (Wildman–Crippen LogP) is 2.15. The lowest BCUT2D eigenvalue weighted by molar-refractivity contribution is -0.116. The number of hydrogen-bond donors (Lipinski definition) is 2. The van der Waals surface area contributed by atoms with E-state index in [9.17, 15) is 9.90 Å². The highest BCUT2D eigenvalue weighted by molar-refractivity contribution is 7.14. The van der Waals surface area contributed by atoms with Gasteiger partial charge in [0.1, 0.15) is 0 Å². The second kappa shape index (κ2) is 6.42. The fraction of sp³-hybridized carbons (Fsp3) is 0.733. The van der Waals surface area contributed by atoms with Crippen LogP contribution in [0.1, 0.15) is 46.2 Å². The van der Waals surface area contributed by atoms with Crippen LogP contribution in [-0.2, 0) is 11.3 Å². The summed E-state index contributed by atoms with van der Waals surface area (Å²) in [6, 6.07) is 0.344. The number of anilines is 1. The Morgan fingerprint density at radius 3 is 2.81 bits per heavy atom. The Morgan fingerprint density at radius 2 is 2.29 bits per heavy atom. The summed E-state index contributed by atoms with van der Waals surface area (Å²) in [5.41, 5.74) is 0.194. The Bertz CT molecular complexity index is 495. The van der Waals surface area contributed by atoms with E-state index in [1.807, 2.05) is 26.2 Å². The summed E-state index contributed by atoms with van der Waals surface area (Å²) in [7, 11) is 0. The lowest BCUT2D eigenvalue weighted by Gasteiger charge is -2.27. The first-order valence-electron chi connectivity index (χ1n) is 7.48. The zero-order valence-corrected chi connectivity index (χ0v) is 14.0. The Hall–Kier alpha value is -0.980. The van der Waals surface area contributed by atoms with E-state index in [1.54, 1.807) is 11.8 Å². The molecule has 1 atom stereocenters. The van der Waals surface area contributed by atoms with E-state index in [-0.39, 0.29) is 11.8 Å². The molecule has 1 amide bonds. The van der Waals surface area contributed by atoms with Gasteiger partial charge in [0.15, 0.2) is 5.13 Å². The summed E-state index contributed by atoms with van der Waals surface area (Å²) >= 11 is 1.51. The van der Waals surface area contributed by atoms with Crippen LogP contribution in [0.2, 0.25) is 0 Å². The molecular weight excluding hydrogens is 286 g/mol. The van der Waals surface area contributed by atoms with Crippen LogP contribution in [0.3, 0.4) is 0 Å².